The van der Waals surface area contributed by atoms with Gasteiger partial charge in [-0.05, 0) is 25.7 Å². The molecule has 1 spiro atoms. The molecule has 4 N–H and O–H groups in total. The van der Waals surface area contributed by atoms with Crippen molar-refractivity contribution in [2.45, 2.75) is 37.6 Å². The molecule has 110 valence electrons. The van der Waals surface area contributed by atoms with Gasteiger partial charge in [0.1, 0.15) is 5.54 Å². The summed E-state index contributed by atoms with van der Waals surface area (Å²) in [7, 11) is 0. The number of amides is 4. The quantitative estimate of drug-likeness (QED) is 0.583. The van der Waals surface area contributed by atoms with Crippen LogP contribution in [0.2, 0.25) is 0 Å². The molecule has 2 saturated heterocycles. The van der Waals surface area contributed by atoms with E-state index in [0.29, 0.717) is 32.5 Å². The van der Waals surface area contributed by atoms with Crippen LogP contribution in [0.4, 0.5) is 4.79 Å². The van der Waals surface area contributed by atoms with Gasteiger partial charge < -0.3 is 16.0 Å². The average molecular weight is 280 g/mol. The van der Waals surface area contributed by atoms with Crippen molar-refractivity contribution in [1.29, 1.82) is 0 Å². The number of nitrogens with one attached hydrogen (secondary N) is 2. The topological polar surface area (TPSA) is 105 Å². The molecule has 0 aromatic rings. The summed E-state index contributed by atoms with van der Waals surface area (Å²) in [5.41, 5.74) is 4.58. The first kappa shape index (κ1) is 13.4. The van der Waals surface area contributed by atoms with Gasteiger partial charge in [-0.25, -0.2) is 4.79 Å². The fraction of sp³-hybridized carbons (Fsp3) is 0.769. The fourth-order valence-electron chi connectivity index (χ4n) is 3.42. The van der Waals surface area contributed by atoms with Gasteiger partial charge in [0.2, 0.25) is 5.91 Å². The Hall–Kier alpha value is -1.63. The van der Waals surface area contributed by atoms with E-state index < -0.39 is 11.6 Å². The minimum absolute atomic E-state index is 0.117. The third-order valence-corrected chi connectivity index (χ3v) is 5.07. The van der Waals surface area contributed by atoms with Crippen molar-refractivity contribution >= 4 is 17.8 Å². The van der Waals surface area contributed by atoms with Gasteiger partial charge in [0, 0.05) is 19.6 Å². The molecule has 3 aliphatic rings. The zero-order valence-corrected chi connectivity index (χ0v) is 11.4. The molecule has 0 unspecified atom stereocenters. The Morgan fingerprint density at radius 2 is 1.85 bits per heavy atom. The smallest absolute Gasteiger partial charge is 0.322 e. The van der Waals surface area contributed by atoms with Gasteiger partial charge in [-0.15, -0.1) is 0 Å². The Labute approximate surface area is 117 Å². The van der Waals surface area contributed by atoms with Crippen LogP contribution in [0.15, 0.2) is 0 Å². The van der Waals surface area contributed by atoms with Crippen LogP contribution in [0.25, 0.3) is 0 Å². The van der Waals surface area contributed by atoms with Gasteiger partial charge in [-0.3, -0.25) is 14.9 Å². The minimum Gasteiger partial charge on any atom is -0.342 e. The second kappa shape index (κ2) is 4.44. The Kier molecular flexibility index (Phi) is 2.97. The fourth-order valence-corrected chi connectivity index (χ4v) is 3.42. The Bertz CT molecular complexity index is 459. The molecule has 3 rings (SSSR count). The molecule has 0 atom stereocenters. The molecule has 0 aromatic carbocycles. The lowest BCUT2D eigenvalue weighted by molar-refractivity contribution is -0.149. The van der Waals surface area contributed by atoms with Crippen LogP contribution in [-0.4, -0.2) is 47.9 Å². The van der Waals surface area contributed by atoms with Crippen molar-refractivity contribution in [1.82, 2.24) is 15.5 Å². The Morgan fingerprint density at radius 1 is 1.20 bits per heavy atom. The van der Waals surface area contributed by atoms with Crippen molar-refractivity contribution in [2.75, 3.05) is 19.6 Å². The summed E-state index contributed by atoms with van der Waals surface area (Å²) in [6.07, 6.45) is 3.72. The number of carbonyl (C=O) groups excluding carboxylic acids is 3. The molecular weight excluding hydrogens is 260 g/mol. The maximum Gasteiger partial charge on any atom is 0.322 e. The molecular formula is C13H20N4O3. The summed E-state index contributed by atoms with van der Waals surface area (Å²) in [4.78, 5) is 37.4. The van der Waals surface area contributed by atoms with Gasteiger partial charge in [0.05, 0.1) is 5.41 Å². The Morgan fingerprint density at radius 3 is 2.25 bits per heavy atom. The van der Waals surface area contributed by atoms with E-state index in [2.05, 4.69) is 10.6 Å². The van der Waals surface area contributed by atoms with Crippen molar-refractivity contribution < 1.29 is 14.4 Å². The number of likely N-dealkylation sites (tertiary alicyclic amines) is 1. The first-order valence-corrected chi connectivity index (χ1v) is 7.14. The van der Waals surface area contributed by atoms with Crippen LogP contribution in [-0.2, 0) is 9.59 Å². The van der Waals surface area contributed by atoms with Crippen molar-refractivity contribution in [2.24, 2.45) is 11.1 Å². The highest BCUT2D eigenvalue weighted by Crippen LogP contribution is 2.42. The normalized spacial score (nSPS) is 26.9. The second-order valence-corrected chi connectivity index (χ2v) is 6.12. The highest BCUT2D eigenvalue weighted by atomic mass is 16.2. The predicted octanol–water partition coefficient (Wildman–Crippen LogP) is -0.684. The number of hydrogen-bond acceptors (Lipinski definition) is 4. The van der Waals surface area contributed by atoms with E-state index in [9.17, 15) is 14.4 Å². The monoisotopic (exact) mass is 280 g/mol. The molecule has 1 saturated carbocycles. The van der Waals surface area contributed by atoms with E-state index in [1.54, 1.807) is 4.90 Å². The van der Waals surface area contributed by atoms with E-state index in [0.717, 1.165) is 19.3 Å². The van der Waals surface area contributed by atoms with E-state index in [-0.39, 0.29) is 17.2 Å². The number of piperidine rings is 1. The summed E-state index contributed by atoms with van der Waals surface area (Å²) in [6.45, 7) is 1.38. The lowest BCUT2D eigenvalue weighted by Gasteiger charge is -2.45. The molecule has 7 heteroatoms. The highest BCUT2D eigenvalue weighted by Gasteiger charge is 2.51. The molecule has 2 aliphatic heterocycles. The van der Waals surface area contributed by atoms with E-state index >= 15 is 0 Å². The SMILES string of the molecule is NCC1(C(=O)N2CCC3(CC2)NC(=O)NC3=O)CCC1. The third kappa shape index (κ3) is 1.80. The largest absolute Gasteiger partial charge is 0.342 e. The molecule has 1 aliphatic carbocycles. The van der Waals surface area contributed by atoms with Crippen LogP contribution >= 0.6 is 0 Å². The van der Waals surface area contributed by atoms with Crippen LogP contribution in [0, 0.1) is 5.41 Å². The second-order valence-electron chi connectivity index (χ2n) is 6.12. The van der Waals surface area contributed by atoms with Crippen LogP contribution < -0.4 is 16.4 Å². The maximum atomic E-state index is 12.5. The number of nitrogens with zero attached hydrogens (tertiary/aromatic N) is 1. The van der Waals surface area contributed by atoms with Crippen LogP contribution in [0.3, 0.4) is 0 Å². The van der Waals surface area contributed by atoms with Gasteiger partial charge >= 0.3 is 6.03 Å². The minimum atomic E-state index is -0.816. The lowest BCUT2D eigenvalue weighted by Crippen LogP contribution is -2.59. The highest BCUT2D eigenvalue weighted by molar-refractivity contribution is 6.07. The summed E-state index contributed by atoms with van der Waals surface area (Å²) in [5.74, 6) is -0.155. The third-order valence-electron chi connectivity index (χ3n) is 5.07. The first-order chi connectivity index (χ1) is 9.51. The number of urea groups is 1. The number of hydrogen-bond donors (Lipinski definition) is 3. The number of nitrogens with two attached hydrogens (primary N) is 1. The predicted molar refractivity (Wildman–Crippen MR) is 70.6 cm³/mol. The maximum absolute atomic E-state index is 12.5. The summed E-state index contributed by atoms with van der Waals surface area (Å²) >= 11 is 0. The molecule has 3 fully saturated rings. The number of carbonyl (C=O) groups is 3. The zero-order chi connectivity index (χ0) is 14.4. The van der Waals surface area contributed by atoms with Gasteiger partial charge in [-0.2, -0.15) is 0 Å². The van der Waals surface area contributed by atoms with Crippen molar-refractivity contribution in [3.8, 4) is 0 Å². The van der Waals surface area contributed by atoms with Crippen LogP contribution in [0.1, 0.15) is 32.1 Å². The van der Waals surface area contributed by atoms with Crippen molar-refractivity contribution in [3.05, 3.63) is 0 Å². The first-order valence-electron chi connectivity index (χ1n) is 7.14. The standard InChI is InChI=1S/C13H20N4O3/c14-8-12(2-1-3-12)10(19)17-6-4-13(5-7-17)9(18)15-11(20)16-13/h1-8,14H2,(H2,15,16,18,20). The van der Waals surface area contributed by atoms with Crippen molar-refractivity contribution in [3.63, 3.8) is 0 Å². The summed E-state index contributed by atoms with van der Waals surface area (Å²) < 4.78 is 0. The van der Waals surface area contributed by atoms with Crippen LogP contribution in [0.5, 0.6) is 0 Å². The molecule has 0 radical (unpaired) electrons. The number of rotatable bonds is 2. The Balaban J connectivity index is 1.66. The van der Waals surface area contributed by atoms with Gasteiger partial charge in [0.15, 0.2) is 0 Å². The zero-order valence-electron chi connectivity index (χ0n) is 11.4. The van der Waals surface area contributed by atoms with Gasteiger partial charge in [0.25, 0.3) is 5.91 Å². The average Bonchev–Trinajstić information content (AvgIpc) is 2.64. The van der Waals surface area contributed by atoms with Gasteiger partial charge in [-0.1, -0.05) is 6.42 Å². The number of imide groups is 1. The van der Waals surface area contributed by atoms with E-state index in [4.69, 9.17) is 5.73 Å². The van der Waals surface area contributed by atoms with E-state index in [1.165, 1.54) is 0 Å². The lowest BCUT2D eigenvalue weighted by atomic mass is 9.67. The molecule has 0 aromatic heterocycles. The molecule has 7 nitrogen and oxygen atoms in total. The molecule has 4 amide bonds. The molecule has 0 bridgehead atoms. The summed E-state index contributed by atoms with van der Waals surface area (Å²) in [5, 5.41) is 4.97. The summed E-state index contributed by atoms with van der Waals surface area (Å²) in [6, 6.07) is -0.438. The van der Waals surface area contributed by atoms with E-state index in [1.807, 2.05) is 0 Å². The molecule has 20 heavy (non-hydrogen) atoms. The molecule has 2 heterocycles.